The van der Waals surface area contributed by atoms with Crippen LogP contribution in [0, 0.1) is 0 Å². The van der Waals surface area contributed by atoms with Gasteiger partial charge < -0.3 is 14.6 Å². The molecule has 0 aliphatic carbocycles. The number of aliphatic hydroxyl groups excluding tert-OH is 1. The number of benzene rings is 1. The average Bonchev–Trinajstić information content (AvgIpc) is 2.44. The molecular weight excluding hydrogens is 292 g/mol. The third-order valence-electron chi connectivity index (χ3n) is 2.76. The van der Waals surface area contributed by atoms with Crippen molar-refractivity contribution in [1.82, 2.24) is 0 Å². The van der Waals surface area contributed by atoms with E-state index in [1.807, 2.05) is 18.4 Å². The Morgan fingerprint density at radius 3 is 2.33 bits per heavy atom. The molecule has 1 rings (SSSR count). The Labute approximate surface area is 128 Å². The van der Waals surface area contributed by atoms with E-state index in [9.17, 15) is 14.7 Å². The van der Waals surface area contributed by atoms with Crippen LogP contribution in [0.4, 0.5) is 0 Å². The molecule has 1 atom stereocenters. The van der Waals surface area contributed by atoms with E-state index in [1.165, 1.54) is 6.92 Å². The number of ketones is 1. The minimum Gasteiger partial charge on any atom is -0.460 e. The van der Waals surface area contributed by atoms with E-state index in [-0.39, 0.29) is 12.4 Å². The van der Waals surface area contributed by atoms with E-state index in [4.69, 9.17) is 4.74 Å². The standard InChI is InChI=1S/C15H20O5S/c1-10(16)19-9-13(17)20-15(2,3)14(18)11-5-7-12(21-4)8-6-11/h5-8,13,17H,9H2,1-4H3. The fourth-order valence-electron chi connectivity index (χ4n) is 1.71. The Hall–Kier alpha value is -1.37. The van der Waals surface area contributed by atoms with Crippen molar-refractivity contribution in [2.45, 2.75) is 37.6 Å². The summed E-state index contributed by atoms with van der Waals surface area (Å²) in [6.45, 7) is 4.05. The largest absolute Gasteiger partial charge is 0.460 e. The zero-order valence-electron chi connectivity index (χ0n) is 12.6. The van der Waals surface area contributed by atoms with Gasteiger partial charge in [0.25, 0.3) is 0 Å². The highest BCUT2D eigenvalue weighted by Crippen LogP contribution is 2.21. The lowest BCUT2D eigenvalue weighted by Crippen LogP contribution is -2.40. The number of aliphatic hydroxyl groups is 1. The molecule has 1 aromatic carbocycles. The van der Waals surface area contributed by atoms with Crippen LogP contribution in [0.5, 0.6) is 0 Å². The van der Waals surface area contributed by atoms with Crippen molar-refractivity contribution >= 4 is 23.5 Å². The maximum Gasteiger partial charge on any atom is 0.302 e. The molecule has 1 N–H and O–H groups in total. The third kappa shape index (κ3) is 5.49. The first-order valence-corrected chi connectivity index (χ1v) is 7.67. The zero-order valence-corrected chi connectivity index (χ0v) is 13.4. The van der Waals surface area contributed by atoms with Gasteiger partial charge in [0.05, 0.1) is 0 Å². The topological polar surface area (TPSA) is 72.8 Å². The van der Waals surface area contributed by atoms with Crippen molar-refractivity contribution in [3.63, 3.8) is 0 Å². The molecule has 0 aliphatic heterocycles. The highest BCUT2D eigenvalue weighted by molar-refractivity contribution is 7.98. The SMILES string of the molecule is CSc1ccc(C(=O)C(C)(C)OC(O)COC(C)=O)cc1. The van der Waals surface area contributed by atoms with Crippen LogP contribution in [-0.2, 0) is 14.3 Å². The van der Waals surface area contributed by atoms with Gasteiger partial charge in [0.15, 0.2) is 12.1 Å². The number of hydrogen-bond donors (Lipinski definition) is 1. The smallest absolute Gasteiger partial charge is 0.302 e. The van der Waals surface area contributed by atoms with Gasteiger partial charge in [0.2, 0.25) is 0 Å². The predicted octanol–water partition coefficient (Wildman–Crippen LogP) is 2.27. The van der Waals surface area contributed by atoms with Crippen LogP contribution in [0.15, 0.2) is 29.2 Å². The molecule has 21 heavy (non-hydrogen) atoms. The molecule has 116 valence electrons. The van der Waals surface area contributed by atoms with Gasteiger partial charge in [-0.05, 0) is 32.2 Å². The first kappa shape index (κ1) is 17.7. The van der Waals surface area contributed by atoms with Crippen LogP contribution >= 0.6 is 11.8 Å². The van der Waals surface area contributed by atoms with Crippen LogP contribution in [0.3, 0.4) is 0 Å². The van der Waals surface area contributed by atoms with E-state index in [0.717, 1.165) is 4.90 Å². The van der Waals surface area contributed by atoms with E-state index in [2.05, 4.69) is 4.74 Å². The fourth-order valence-corrected chi connectivity index (χ4v) is 2.11. The molecule has 0 amide bonds. The molecule has 1 unspecified atom stereocenters. The maximum absolute atomic E-state index is 12.4. The van der Waals surface area contributed by atoms with Crippen molar-refractivity contribution in [2.24, 2.45) is 0 Å². The summed E-state index contributed by atoms with van der Waals surface area (Å²) >= 11 is 1.59. The first-order chi connectivity index (χ1) is 9.76. The fraction of sp³-hybridized carbons (Fsp3) is 0.467. The number of rotatable bonds is 7. The first-order valence-electron chi connectivity index (χ1n) is 6.44. The zero-order chi connectivity index (χ0) is 16.0. The third-order valence-corrected chi connectivity index (χ3v) is 3.50. The van der Waals surface area contributed by atoms with Gasteiger partial charge in [-0.2, -0.15) is 0 Å². The molecule has 0 heterocycles. The van der Waals surface area contributed by atoms with Crippen molar-refractivity contribution in [1.29, 1.82) is 0 Å². The summed E-state index contributed by atoms with van der Waals surface area (Å²) in [5, 5.41) is 9.66. The second-order valence-corrected chi connectivity index (χ2v) is 5.82. The molecule has 1 aromatic rings. The van der Waals surface area contributed by atoms with Gasteiger partial charge in [-0.15, -0.1) is 11.8 Å². The van der Waals surface area contributed by atoms with Crippen LogP contribution in [0.2, 0.25) is 0 Å². The lowest BCUT2D eigenvalue weighted by molar-refractivity contribution is -0.186. The van der Waals surface area contributed by atoms with Gasteiger partial charge in [-0.25, -0.2) is 0 Å². The Morgan fingerprint density at radius 1 is 1.29 bits per heavy atom. The monoisotopic (exact) mass is 312 g/mol. The summed E-state index contributed by atoms with van der Waals surface area (Å²) in [4.78, 5) is 24.1. The summed E-state index contributed by atoms with van der Waals surface area (Å²) in [6, 6.07) is 7.14. The van der Waals surface area contributed by atoms with Crippen molar-refractivity contribution in [3.8, 4) is 0 Å². The van der Waals surface area contributed by atoms with Gasteiger partial charge in [-0.1, -0.05) is 12.1 Å². The molecule has 0 bridgehead atoms. The number of carbonyl (C=O) groups excluding carboxylic acids is 2. The van der Waals surface area contributed by atoms with Crippen LogP contribution in [0.25, 0.3) is 0 Å². The van der Waals surface area contributed by atoms with E-state index in [1.54, 1.807) is 37.7 Å². The molecular formula is C15H20O5S. The number of ether oxygens (including phenoxy) is 2. The van der Waals surface area contributed by atoms with Crippen molar-refractivity contribution in [2.75, 3.05) is 12.9 Å². The normalized spacial score (nSPS) is 12.8. The van der Waals surface area contributed by atoms with E-state index < -0.39 is 17.9 Å². The molecule has 0 spiro atoms. The Morgan fingerprint density at radius 2 is 1.86 bits per heavy atom. The van der Waals surface area contributed by atoms with Crippen LogP contribution in [0.1, 0.15) is 31.1 Å². The summed E-state index contributed by atoms with van der Waals surface area (Å²) in [5.74, 6) is -0.772. The lowest BCUT2D eigenvalue weighted by atomic mass is 9.96. The minimum absolute atomic E-state index is 0.253. The van der Waals surface area contributed by atoms with Gasteiger partial charge in [-0.3, -0.25) is 9.59 Å². The molecule has 0 saturated carbocycles. The Kier molecular flexibility index (Phi) is 6.39. The maximum atomic E-state index is 12.4. The highest BCUT2D eigenvalue weighted by Gasteiger charge is 2.32. The highest BCUT2D eigenvalue weighted by atomic mass is 32.2. The van der Waals surface area contributed by atoms with Gasteiger partial charge in [0.1, 0.15) is 12.2 Å². The summed E-state index contributed by atoms with van der Waals surface area (Å²) in [6.07, 6.45) is 0.605. The number of hydrogen-bond acceptors (Lipinski definition) is 6. The van der Waals surface area contributed by atoms with Gasteiger partial charge >= 0.3 is 5.97 Å². The molecule has 0 aliphatic rings. The van der Waals surface area contributed by atoms with Crippen molar-refractivity contribution in [3.05, 3.63) is 29.8 Å². The average molecular weight is 312 g/mol. The number of thioether (sulfide) groups is 1. The summed E-state index contributed by atoms with van der Waals surface area (Å²) < 4.78 is 9.92. The molecule has 0 fully saturated rings. The van der Waals surface area contributed by atoms with E-state index >= 15 is 0 Å². The van der Waals surface area contributed by atoms with Gasteiger partial charge in [0, 0.05) is 17.4 Å². The summed E-state index contributed by atoms with van der Waals surface area (Å²) in [5.41, 5.74) is -0.724. The second kappa shape index (κ2) is 7.59. The lowest BCUT2D eigenvalue weighted by Gasteiger charge is -2.26. The minimum atomic E-state index is -1.35. The van der Waals surface area contributed by atoms with Crippen molar-refractivity contribution < 1.29 is 24.2 Å². The molecule has 5 nitrogen and oxygen atoms in total. The number of esters is 1. The molecule has 6 heteroatoms. The van der Waals surface area contributed by atoms with Crippen LogP contribution in [-0.4, -0.2) is 41.6 Å². The molecule has 0 aromatic heterocycles. The van der Waals surface area contributed by atoms with Crippen LogP contribution < -0.4 is 0 Å². The second-order valence-electron chi connectivity index (χ2n) is 4.94. The Bertz CT molecular complexity index is 495. The Balaban J connectivity index is 2.71. The van der Waals surface area contributed by atoms with E-state index in [0.29, 0.717) is 5.56 Å². The number of carbonyl (C=O) groups is 2. The molecule has 0 radical (unpaired) electrons. The number of Topliss-reactive ketones (excluding diaryl/α,β-unsaturated/α-hetero) is 1. The molecule has 0 saturated heterocycles. The summed E-state index contributed by atoms with van der Waals surface area (Å²) in [7, 11) is 0. The quantitative estimate of drug-likeness (QED) is 0.360. The predicted molar refractivity (Wildman–Crippen MR) is 80.4 cm³/mol.